The molecule has 1 rings (SSSR count). The van der Waals surface area contributed by atoms with Crippen molar-refractivity contribution < 1.29 is 14.3 Å². The lowest BCUT2D eigenvalue weighted by Crippen LogP contribution is -2.43. The van der Waals surface area contributed by atoms with Gasteiger partial charge in [-0.1, -0.05) is 0 Å². The van der Waals surface area contributed by atoms with Crippen LogP contribution in [-0.2, 0) is 14.3 Å². The highest BCUT2D eigenvalue weighted by atomic mass is 16.7. The van der Waals surface area contributed by atoms with Gasteiger partial charge in [0.25, 0.3) is 0 Å². The Morgan fingerprint density at radius 3 is 2.92 bits per heavy atom. The predicted octanol–water partition coefficient (Wildman–Crippen LogP) is 1.90. The monoisotopic (exact) mass is 186 g/mol. The normalized spacial score (nSPS) is 34.5. The molecule has 0 spiro atoms. The lowest BCUT2D eigenvalue weighted by Gasteiger charge is -2.37. The second kappa shape index (κ2) is 4.20. The number of carbonyl (C=O) groups excluding carboxylic acids is 1. The standard InChI is InChI=1S/C10H18O3/c1-4-12-10(3)7-5-6-9(13-10)8(2)11/h9H,4-7H2,1-3H3/t9-,10+/m1/s1. The predicted molar refractivity (Wildman–Crippen MR) is 49.4 cm³/mol. The van der Waals surface area contributed by atoms with Crippen molar-refractivity contribution in [3.05, 3.63) is 0 Å². The molecular formula is C10H18O3. The number of hydrogen-bond acceptors (Lipinski definition) is 3. The summed E-state index contributed by atoms with van der Waals surface area (Å²) in [7, 11) is 0. The number of ether oxygens (including phenoxy) is 2. The molecule has 0 aromatic rings. The highest BCUT2D eigenvalue weighted by molar-refractivity contribution is 5.80. The van der Waals surface area contributed by atoms with Crippen molar-refractivity contribution in [1.82, 2.24) is 0 Å². The second-order valence-corrected chi connectivity index (χ2v) is 3.68. The Kier molecular flexibility index (Phi) is 3.45. The van der Waals surface area contributed by atoms with E-state index >= 15 is 0 Å². The van der Waals surface area contributed by atoms with Gasteiger partial charge in [0.15, 0.2) is 11.6 Å². The minimum Gasteiger partial charge on any atom is -0.350 e. The summed E-state index contributed by atoms with van der Waals surface area (Å²) < 4.78 is 11.1. The van der Waals surface area contributed by atoms with E-state index in [0.717, 1.165) is 19.3 Å². The van der Waals surface area contributed by atoms with Crippen molar-refractivity contribution in [2.24, 2.45) is 0 Å². The van der Waals surface area contributed by atoms with Crippen molar-refractivity contribution in [2.45, 2.75) is 51.9 Å². The molecular weight excluding hydrogens is 168 g/mol. The number of rotatable bonds is 3. The van der Waals surface area contributed by atoms with Crippen LogP contribution in [0.1, 0.15) is 40.0 Å². The summed E-state index contributed by atoms with van der Waals surface area (Å²) in [6.45, 7) is 6.04. The first-order chi connectivity index (χ1) is 6.07. The first kappa shape index (κ1) is 10.7. The van der Waals surface area contributed by atoms with Gasteiger partial charge in [-0.3, -0.25) is 4.79 Å². The first-order valence-corrected chi connectivity index (χ1v) is 4.89. The third kappa shape index (κ3) is 2.78. The highest BCUT2D eigenvalue weighted by Gasteiger charge is 2.35. The lowest BCUT2D eigenvalue weighted by atomic mass is 10.0. The van der Waals surface area contributed by atoms with Crippen LogP contribution in [0.3, 0.4) is 0 Å². The molecule has 0 aliphatic carbocycles. The minimum absolute atomic E-state index is 0.102. The highest BCUT2D eigenvalue weighted by Crippen LogP contribution is 2.29. The van der Waals surface area contributed by atoms with E-state index < -0.39 is 5.79 Å². The van der Waals surface area contributed by atoms with Gasteiger partial charge < -0.3 is 9.47 Å². The third-order valence-electron chi connectivity index (χ3n) is 2.39. The van der Waals surface area contributed by atoms with Crippen LogP contribution in [0, 0.1) is 0 Å². The molecule has 0 aromatic heterocycles. The smallest absolute Gasteiger partial charge is 0.166 e. The second-order valence-electron chi connectivity index (χ2n) is 3.68. The van der Waals surface area contributed by atoms with Crippen molar-refractivity contribution in [3.8, 4) is 0 Å². The third-order valence-corrected chi connectivity index (χ3v) is 2.39. The fraction of sp³-hybridized carbons (Fsp3) is 0.900. The molecule has 0 radical (unpaired) electrons. The van der Waals surface area contributed by atoms with E-state index in [-0.39, 0.29) is 11.9 Å². The Labute approximate surface area is 79.4 Å². The number of carbonyl (C=O) groups is 1. The minimum atomic E-state index is -0.538. The van der Waals surface area contributed by atoms with Crippen molar-refractivity contribution >= 4 is 5.78 Å². The van der Waals surface area contributed by atoms with Crippen molar-refractivity contribution in [3.63, 3.8) is 0 Å². The van der Waals surface area contributed by atoms with Crippen molar-refractivity contribution in [2.75, 3.05) is 6.61 Å². The van der Waals surface area contributed by atoms with Gasteiger partial charge in [-0.15, -0.1) is 0 Å². The number of hydrogen-bond donors (Lipinski definition) is 0. The summed E-state index contributed by atoms with van der Waals surface area (Å²) >= 11 is 0. The van der Waals surface area contributed by atoms with Crippen LogP contribution in [0.2, 0.25) is 0 Å². The van der Waals surface area contributed by atoms with Crippen LogP contribution in [0.25, 0.3) is 0 Å². The van der Waals surface area contributed by atoms with E-state index in [9.17, 15) is 4.79 Å². The van der Waals surface area contributed by atoms with E-state index in [1.165, 1.54) is 0 Å². The van der Waals surface area contributed by atoms with Gasteiger partial charge >= 0.3 is 0 Å². The topological polar surface area (TPSA) is 35.5 Å². The molecule has 3 heteroatoms. The zero-order chi connectivity index (χ0) is 9.90. The molecule has 0 aromatic carbocycles. The van der Waals surface area contributed by atoms with Gasteiger partial charge in [0.05, 0.1) is 0 Å². The molecule has 0 unspecified atom stereocenters. The van der Waals surface area contributed by atoms with Gasteiger partial charge in [-0.05, 0) is 33.6 Å². The molecule has 1 aliphatic heterocycles. The zero-order valence-electron chi connectivity index (χ0n) is 8.63. The maximum atomic E-state index is 11.1. The maximum Gasteiger partial charge on any atom is 0.166 e. The van der Waals surface area contributed by atoms with Gasteiger partial charge in [-0.2, -0.15) is 0 Å². The molecule has 0 saturated carbocycles. The largest absolute Gasteiger partial charge is 0.350 e. The fourth-order valence-electron chi connectivity index (χ4n) is 1.73. The Bertz CT molecular complexity index is 187. The van der Waals surface area contributed by atoms with Gasteiger partial charge in [0, 0.05) is 13.0 Å². The summed E-state index contributed by atoms with van der Waals surface area (Å²) in [5.74, 6) is -0.436. The van der Waals surface area contributed by atoms with E-state index in [1.54, 1.807) is 6.92 Å². The zero-order valence-corrected chi connectivity index (χ0v) is 8.63. The fourth-order valence-corrected chi connectivity index (χ4v) is 1.73. The summed E-state index contributed by atoms with van der Waals surface area (Å²) in [5.41, 5.74) is 0. The molecule has 13 heavy (non-hydrogen) atoms. The van der Waals surface area contributed by atoms with Crippen LogP contribution in [-0.4, -0.2) is 24.3 Å². The van der Waals surface area contributed by atoms with E-state index in [4.69, 9.17) is 9.47 Å². The van der Waals surface area contributed by atoms with E-state index in [1.807, 2.05) is 13.8 Å². The van der Waals surface area contributed by atoms with Crippen LogP contribution in [0.15, 0.2) is 0 Å². The Hall–Kier alpha value is -0.410. The van der Waals surface area contributed by atoms with Crippen LogP contribution in [0.4, 0.5) is 0 Å². The summed E-state index contributed by atoms with van der Waals surface area (Å²) in [6.07, 6.45) is 2.45. The summed E-state index contributed by atoms with van der Waals surface area (Å²) in [4.78, 5) is 11.1. The van der Waals surface area contributed by atoms with Crippen LogP contribution >= 0.6 is 0 Å². The van der Waals surface area contributed by atoms with E-state index in [0.29, 0.717) is 6.61 Å². The molecule has 1 aliphatic rings. The van der Waals surface area contributed by atoms with Gasteiger partial charge in [-0.25, -0.2) is 0 Å². The molecule has 2 atom stereocenters. The summed E-state index contributed by atoms with van der Waals surface area (Å²) in [6, 6.07) is 0. The molecule has 0 bridgehead atoms. The van der Waals surface area contributed by atoms with Gasteiger partial charge in [0.2, 0.25) is 0 Å². The molecule has 1 fully saturated rings. The lowest BCUT2D eigenvalue weighted by molar-refractivity contribution is -0.262. The van der Waals surface area contributed by atoms with Crippen LogP contribution in [0.5, 0.6) is 0 Å². The molecule has 3 nitrogen and oxygen atoms in total. The number of ketones is 1. The SMILES string of the molecule is CCO[C@]1(C)CCC[C@H](C(C)=O)O1. The quantitative estimate of drug-likeness (QED) is 0.675. The Balaban J connectivity index is 2.54. The summed E-state index contributed by atoms with van der Waals surface area (Å²) in [5, 5.41) is 0. The average molecular weight is 186 g/mol. The van der Waals surface area contributed by atoms with Gasteiger partial charge in [0.1, 0.15) is 6.10 Å². The first-order valence-electron chi connectivity index (χ1n) is 4.89. The number of Topliss-reactive ketones (excluding diaryl/α,β-unsaturated/α-hetero) is 1. The van der Waals surface area contributed by atoms with E-state index in [2.05, 4.69) is 0 Å². The van der Waals surface area contributed by atoms with Crippen LogP contribution < -0.4 is 0 Å². The molecule has 76 valence electrons. The molecule has 0 amide bonds. The molecule has 1 heterocycles. The average Bonchev–Trinajstić information content (AvgIpc) is 2.04. The maximum absolute atomic E-state index is 11.1. The Morgan fingerprint density at radius 2 is 2.38 bits per heavy atom. The molecule has 1 saturated heterocycles. The van der Waals surface area contributed by atoms with Crippen molar-refractivity contribution in [1.29, 1.82) is 0 Å². The molecule has 0 N–H and O–H groups in total. The Morgan fingerprint density at radius 1 is 1.69 bits per heavy atom.